The van der Waals surface area contributed by atoms with Gasteiger partial charge in [-0.15, -0.1) is 11.3 Å². The highest BCUT2D eigenvalue weighted by Gasteiger charge is 2.41. The number of esters is 2. The van der Waals surface area contributed by atoms with Gasteiger partial charge in [-0.25, -0.2) is 9.59 Å². The highest BCUT2D eigenvalue weighted by atomic mass is 35.5. The summed E-state index contributed by atoms with van der Waals surface area (Å²) in [5, 5.41) is 3.90. The van der Waals surface area contributed by atoms with E-state index in [4.69, 9.17) is 30.5 Å². The number of ether oxygens (including phenoxy) is 4. The van der Waals surface area contributed by atoms with Crippen LogP contribution in [0.4, 0.5) is 0 Å². The Labute approximate surface area is 296 Å². The van der Waals surface area contributed by atoms with Gasteiger partial charge in [0, 0.05) is 35.7 Å². The number of thiophene rings is 1. The lowest BCUT2D eigenvalue weighted by molar-refractivity contribution is -0.153. The Morgan fingerprint density at radius 3 is 2.39 bits per heavy atom. The van der Waals surface area contributed by atoms with Crippen LogP contribution in [0.15, 0.2) is 73.1 Å². The van der Waals surface area contributed by atoms with Gasteiger partial charge in [-0.05, 0) is 92.3 Å². The first kappa shape index (κ1) is 34.9. The molecule has 2 aromatic carbocycles. The first-order valence-electron chi connectivity index (χ1n) is 16.6. The summed E-state index contributed by atoms with van der Waals surface area (Å²) in [6, 6.07) is 18.1. The smallest absolute Gasteiger partial charge is 0.348 e. The number of fused-ring (bicyclic) bond motifs is 3. The summed E-state index contributed by atoms with van der Waals surface area (Å²) >= 11 is 7.86. The molecule has 2 bridgehead atoms. The monoisotopic (exact) mass is 703 g/mol. The Balaban J connectivity index is 1.15. The van der Waals surface area contributed by atoms with E-state index in [1.54, 1.807) is 38.7 Å². The highest BCUT2D eigenvalue weighted by Crippen LogP contribution is 2.40. The molecule has 7 rings (SSSR count). The van der Waals surface area contributed by atoms with Crippen LogP contribution in [0.2, 0.25) is 5.02 Å². The van der Waals surface area contributed by atoms with E-state index in [0.717, 1.165) is 66.0 Å². The lowest BCUT2D eigenvalue weighted by Gasteiger charge is -2.48. The van der Waals surface area contributed by atoms with Gasteiger partial charge in [-0.3, -0.25) is 10.3 Å². The van der Waals surface area contributed by atoms with E-state index in [1.165, 1.54) is 11.3 Å². The molecule has 1 unspecified atom stereocenters. The molecule has 2 atom stereocenters. The van der Waals surface area contributed by atoms with Crippen LogP contribution < -0.4 is 14.8 Å². The molecule has 2 aromatic heterocycles. The molecule has 11 heteroatoms. The number of pyridine rings is 1. The zero-order chi connectivity index (χ0) is 34.4. The molecule has 49 heavy (non-hydrogen) atoms. The van der Waals surface area contributed by atoms with Crippen molar-refractivity contribution in [2.24, 2.45) is 5.41 Å². The van der Waals surface area contributed by atoms with E-state index in [9.17, 15) is 9.59 Å². The highest BCUT2D eigenvalue weighted by molar-refractivity contribution is 7.13. The number of hydrogen-bond donors (Lipinski definition) is 1. The Kier molecular flexibility index (Phi) is 11.2. The zero-order valence-corrected chi connectivity index (χ0v) is 29.6. The number of piperidine rings is 3. The van der Waals surface area contributed by atoms with Gasteiger partial charge >= 0.3 is 11.9 Å². The fourth-order valence-corrected chi connectivity index (χ4v) is 7.78. The van der Waals surface area contributed by atoms with E-state index in [2.05, 4.69) is 15.2 Å². The van der Waals surface area contributed by atoms with Crippen molar-refractivity contribution >= 4 is 34.9 Å². The number of nitrogens with one attached hydrogen (secondary N) is 1. The predicted octanol–water partition coefficient (Wildman–Crippen LogP) is 7.12. The number of rotatable bonds is 14. The number of halogens is 1. The molecule has 3 saturated heterocycles. The SMILES string of the molecule is COc1ccc([C@H](Cc2c(C)cncc2Cl)OC(=O)c2ccc(CNC(C(=O)OCC34CCN(CC3)CC4)c3ccccc3)s2)cc1OC. The maximum Gasteiger partial charge on any atom is 0.348 e. The summed E-state index contributed by atoms with van der Waals surface area (Å²) in [7, 11) is 3.14. The second-order valence-corrected chi connectivity index (χ2v) is 14.4. The molecule has 3 aliphatic heterocycles. The maximum atomic E-state index is 13.6. The number of aryl methyl sites for hydroxylation is 1. The normalized spacial score (nSPS) is 19.6. The molecule has 0 spiro atoms. The third-order valence-electron chi connectivity index (χ3n) is 9.75. The van der Waals surface area contributed by atoms with Crippen LogP contribution in [0.1, 0.15) is 68.2 Å². The van der Waals surface area contributed by atoms with Gasteiger partial charge in [0.1, 0.15) is 17.0 Å². The minimum atomic E-state index is -0.664. The average molecular weight is 704 g/mol. The third-order valence-corrected chi connectivity index (χ3v) is 11.1. The second-order valence-electron chi connectivity index (χ2n) is 12.8. The minimum absolute atomic E-state index is 0.0882. The number of nitrogens with zero attached hydrogens (tertiary/aromatic N) is 2. The van der Waals surface area contributed by atoms with Crippen molar-refractivity contribution in [3.8, 4) is 11.5 Å². The topological polar surface area (TPSA) is 99.2 Å². The van der Waals surface area contributed by atoms with Crippen LogP contribution in [0.3, 0.4) is 0 Å². The lowest BCUT2D eigenvalue weighted by Crippen LogP contribution is -2.50. The summed E-state index contributed by atoms with van der Waals surface area (Å²) in [4.78, 5) is 35.2. The summed E-state index contributed by atoms with van der Waals surface area (Å²) in [6.07, 6.45) is 6.22. The Morgan fingerprint density at radius 1 is 0.959 bits per heavy atom. The Bertz CT molecular complexity index is 1720. The quantitative estimate of drug-likeness (QED) is 0.138. The molecule has 0 saturated carbocycles. The first-order valence-corrected chi connectivity index (χ1v) is 17.7. The van der Waals surface area contributed by atoms with E-state index in [0.29, 0.717) is 41.0 Å². The molecule has 0 aliphatic carbocycles. The molecule has 5 heterocycles. The molecule has 1 N–H and O–H groups in total. The third kappa shape index (κ3) is 8.27. The van der Waals surface area contributed by atoms with Gasteiger partial charge < -0.3 is 23.8 Å². The van der Waals surface area contributed by atoms with Crippen LogP contribution in [-0.2, 0) is 27.2 Å². The zero-order valence-electron chi connectivity index (χ0n) is 28.1. The van der Waals surface area contributed by atoms with Crippen molar-refractivity contribution < 1.29 is 28.5 Å². The van der Waals surface area contributed by atoms with Crippen LogP contribution >= 0.6 is 22.9 Å². The van der Waals surface area contributed by atoms with Crippen molar-refractivity contribution in [3.05, 3.63) is 110 Å². The van der Waals surface area contributed by atoms with Crippen molar-refractivity contribution in [2.75, 3.05) is 40.5 Å². The van der Waals surface area contributed by atoms with E-state index in [-0.39, 0.29) is 11.4 Å². The fraction of sp³-hybridized carbons (Fsp3) is 0.395. The number of hydrogen-bond acceptors (Lipinski definition) is 10. The molecule has 3 fully saturated rings. The first-order chi connectivity index (χ1) is 23.8. The lowest BCUT2D eigenvalue weighted by atomic mass is 9.73. The summed E-state index contributed by atoms with van der Waals surface area (Å²) in [5.41, 5.74) is 3.40. The molecule has 4 aromatic rings. The van der Waals surface area contributed by atoms with Crippen LogP contribution in [0.5, 0.6) is 11.5 Å². The van der Waals surface area contributed by atoms with Crippen molar-refractivity contribution in [3.63, 3.8) is 0 Å². The van der Waals surface area contributed by atoms with Gasteiger partial charge in [0.05, 0.1) is 25.8 Å². The average Bonchev–Trinajstić information content (AvgIpc) is 3.62. The van der Waals surface area contributed by atoms with Crippen molar-refractivity contribution in [1.29, 1.82) is 0 Å². The second kappa shape index (κ2) is 15.7. The number of methoxy groups -OCH3 is 2. The van der Waals surface area contributed by atoms with Crippen LogP contribution in [0, 0.1) is 12.3 Å². The Hall–Kier alpha value is -3.96. The number of benzene rings is 2. The number of carbonyl (C=O) groups excluding carboxylic acids is 2. The Morgan fingerprint density at radius 2 is 1.69 bits per heavy atom. The summed E-state index contributed by atoms with van der Waals surface area (Å²) in [5.74, 6) is 0.350. The van der Waals surface area contributed by atoms with Gasteiger partial charge in [0.25, 0.3) is 0 Å². The molecule has 258 valence electrons. The maximum absolute atomic E-state index is 13.6. The van der Waals surface area contributed by atoms with Gasteiger partial charge in [0.2, 0.25) is 0 Å². The number of carbonyl (C=O) groups is 2. The minimum Gasteiger partial charge on any atom is -0.493 e. The summed E-state index contributed by atoms with van der Waals surface area (Å²) in [6.45, 7) is 5.98. The van der Waals surface area contributed by atoms with Gasteiger partial charge in [-0.2, -0.15) is 0 Å². The van der Waals surface area contributed by atoms with E-state index >= 15 is 0 Å². The van der Waals surface area contributed by atoms with Gasteiger partial charge in [-0.1, -0.05) is 48.0 Å². The largest absolute Gasteiger partial charge is 0.493 e. The predicted molar refractivity (Wildman–Crippen MR) is 189 cm³/mol. The van der Waals surface area contributed by atoms with Crippen LogP contribution in [0.25, 0.3) is 0 Å². The van der Waals surface area contributed by atoms with Crippen LogP contribution in [-0.4, -0.2) is 62.3 Å². The molecule has 0 radical (unpaired) electrons. The summed E-state index contributed by atoms with van der Waals surface area (Å²) < 4.78 is 23.1. The van der Waals surface area contributed by atoms with Gasteiger partial charge in [0.15, 0.2) is 11.5 Å². The van der Waals surface area contributed by atoms with E-state index in [1.807, 2.05) is 55.5 Å². The number of aromatic nitrogens is 1. The molecule has 0 amide bonds. The molecule has 9 nitrogen and oxygen atoms in total. The van der Waals surface area contributed by atoms with Crippen molar-refractivity contribution in [2.45, 2.75) is 51.3 Å². The molecular weight excluding hydrogens is 662 g/mol. The molecular formula is C38H42ClN3O6S. The molecule has 3 aliphatic rings. The standard InChI is InChI=1S/C38H42ClN3O6S/c1-25-21-40-23-30(39)29(25)20-32(27-9-11-31(45-2)33(19-27)46-3)48-36(43)34-12-10-28(49-34)22-41-35(26-7-5-4-6-8-26)37(44)47-24-38-13-16-42(17-14-38)18-15-38/h4-12,19,21,23,32,35,41H,13-18,20,22,24H2,1-3H3/t32-,35?/m0/s1. The fourth-order valence-electron chi connectivity index (χ4n) is 6.66. The van der Waals surface area contributed by atoms with Crippen molar-refractivity contribution in [1.82, 2.24) is 15.2 Å². The van der Waals surface area contributed by atoms with E-state index < -0.39 is 18.1 Å².